The molecule has 0 fully saturated rings. The SMILES string of the molecule is O=C(NCCn1nc(-n2cncn2)ccc1=O)c1ccc(-c2ccccc2)cc1. The lowest BCUT2D eigenvalue weighted by atomic mass is 10.0. The van der Waals surface area contributed by atoms with Crippen molar-refractivity contribution in [3.8, 4) is 16.9 Å². The first-order chi connectivity index (χ1) is 14.2. The van der Waals surface area contributed by atoms with Gasteiger partial charge in [-0.3, -0.25) is 9.59 Å². The minimum absolute atomic E-state index is 0.204. The van der Waals surface area contributed by atoms with Gasteiger partial charge >= 0.3 is 0 Å². The molecule has 2 heterocycles. The van der Waals surface area contributed by atoms with E-state index in [0.717, 1.165) is 11.1 Å². The summed E-state index contributed by atoms with van der Waals surface area (Å²) in [5, 5.41) is 11.0. The first-order valence-corrected chi connectivity index (χ1v) is 9.07. The smallest absolute Gasteiger partial charge is 0.266 e. The summed E-state index contributed by atoms with van der Waals surface area (Å²) in [5.41, 5.74) is 2.44. The van der Waals surface area contributed by atoms with E-state index in [2.05, 4.69) is 20.5 Å². The Morgan fingerprint density at radius 3 is 2.41 bits per heavy atom. The molecule has 0 aliphatic carbocycles. The van der Waals surface area contributed by atoms with Gasteiger partial charge in [-0.25, -0.2) is 14.3 Å². The normalized spacial score (nSPS) is 10.6. The molecule has 4 rings (SSSR count). The maximum absolute atomic E-state index is 12.4. The zero-order valence-electron chi connectivity index (χ0n) is 15.5. The van der Waals surface area contributed by atoms with Crippen LogP contribution in [0.4, 0.5) is 0 Å². The van der Waals surface area contributed by atoms with Gasteiger partial charge in [0.05, 0.1) is 6.54 Å². The average Bonchev–Trinajstić information content (AvgIpc) is 3.31. The van der Waals surface area contributed by atoms with Crippen molar-refractivity contribution in [1.82, 2.24) is 29.9 Å². The number of nitrogens with zero attached hydrogens (tertiary/aromatic N) is 5. The highest BCUT2D eigenvalue weighted by Gasteiger charge is 2.07. The van der Waals surface area contributed by atoms with Crippen LogP contribution in [0.25, 0.3) is 16.9 Å². The van der Waals surface area contributed by atoms with Crippen molar-refractivity contribution in [2.45, 2.75) is 6.54 Å². The number of benzene rings is 2. The van der Waals surface area contributed by atoms with Crippen molar-refractivity contribution in [3.05, 3.63) is 95.3 Å². The monoisotopic (exact) mass is 386 g/mol. The van der Waals surface area contributed by atoms with Gasteiger partial charge in [-0.2, -0.15) is 5.10 Å². The maximum atomic E-state index is 12.4. The highest BCUT2D eigenvalue weighted by Crippen LogP contribution is 2.19. The van der Waals surface area contributed by atoms with Crippen LogP contribution in [-0.2, 0) is 6.54 Å². The van der Waals surface area contributed by atoms with Gasteiger partial charge in [-0.15, -0.1) is 5.10 Å². The molecule has 0 spiro atoms. The van der Waals surface area contributed by atoms with Crippen LogP contribution in [0.15, 0.2) is 84.2 Å². The highest BCUT2D eigenvalue weighted by atomic mass is 16.2. The van der Waals surface area contributed by atoms with Gasteiger partial charge in [0.2, 0.25) is 0 Å². The Morgan fingerprint density at radius 1 is 0.931 bits per heavy atom. The van der Waals surface area contributed by atoms with Crippen LogP contribution in [0.1, 0.15) is 10.4 Å². The molecule has 2 aromatic heterocycles. The summed E-state index contributed by atoms with van der Waals surface area (Å²) >= 11 is 0. The number of carbonyl (C=O) groups is 1. The van der Waals surface area contributed by atoms with Crippen LogP contribution in [0.5, 0.6) is 0 Å². The Bertz CT molecular complexity index is 1150. The van der Waals surface area contributed by atoms with Gasteiger partial charge in [0, 0.05) is 18.2 Å². The molecular weight excluding hydrogens is 368 g/mol. The van der Waals surface area contributed by atoms with E-state index < -0.39 is 0 Å². The van der Waals surface area contributed by atoms with Crippen LogP contribution >= 0.6 is 0 Å². The van der Waals surface area contributed by atoms with E-state index in [0.29, 0.717) is 11.4 Å². The maximum Gasteiger partial charge on any atom is 0.266 e. The topological polar surface area (TPSA) is 94.7 Å². The molecule has 2 aromatic carbocycles. The number of nitrogens with one attached hydrogen (secondary N) is 1. The molecule has 8 heteroatoms. The predicted octanol–water partition coefficient (Wildman–Crippen LogP) is 1.92. The van der Waals surface area contributed by atoms with Crippen LogP contribution in [0.2, 0.25) is 0 Å². The van der Waals surface area contributed by atoms with Gasteiger partial charge in [0.25, 0.3) is 11.5 Å². The van der Waals surface area contributed by atoms with Crippen molar-refractivity contribution in [1.29, 1.82) is 0 Å². The quantitative estimate of drug-likeness (QED) is 0.546. The number of rotatable bonds is 6. The van der Waals surface area contributed by atoms with Gasteiger partial charge in [0.1, 0.15) is 12.7 Å². The Hall–Kier alpha value is -4.07. The third kappa shape index (κ3) is 4.27. The zero-order chi connectivity index (χ0) is 20.1. The van der Waals surface area contributed by atoms with Crippen molar-refractivity contribution < 1.29 is 4.79 Å². The number of aromatic nitrogens is 5. The lowest BCUT2D eigenvalue weighted by Crippen LogP contribution is -2.32. The fourth-order valence-corrected chi connectivity index (χ4v) is 2.87. The third-order valence-corrected chi connectivity index (χ3v) is 4.37. The lowest BCUT2D eigenvalue weighted by molar-refractivity contribution is 0.0951. The Balaban J connectivity index is 1.38. The predicted molar refractivity (Wildman–Crippen MR) is 108 cm³/mol. The highest BCUT2D eigenvalue weighted by molar-refractivity contribution is 5.94. The second kappa shape index (κ2) is 8.30. The second-order valence-electron chi connectivity index (χ2n) is 6.29. The summed E-state index contributed by atoms with van der Waals surface area (Å²) in [6, 6.07) is 20.3. The molecule has 0 aliphatic heterocycles. The Kier molecular flexibility index (Phi) is 5.24. The van der Waals surface area contributed by atoms with E-state index in [4.69, 9.17) is 0 Å². The molecule has 0 atom stereocenters. The first kappa shape index (κ1) is 18.3. The number of carbonyl (C=O) groups excluding carboxylic acids is 1. The standard InChI is InChI=1S/C21H18N6O2/c28-20-11-10-19(27-15-22-14-24-27)25-26(20)13-12-23-21(29)18-8-6-17(7-9-18)16-4-2-1-3-5-16/h1-11,14-15H,12-13H2,(H,23,29). The van der Waals surface area contributed by atoms with Crippen molar-refractivity contribution in [3.63, 3.8) is 0 Å². The van der Waals surface area contributed by atoms with E-state index in [-0.39, 0.29) is 24.6 Å². The van der Waals surface area contributed by atoms with Crippen molar-refractivity contribution in [2.75, 3.05) is 6.54 Å². The molecule has 0 saturated heterocycles. The second-order valence-corrected chi connectivity index (χ2v) is 6.29. The van der Waals surface area contributed by atoms with Crippen LogP contribution in [0.3, 0.4) is 0 Å². The molecule has 4 aromatic rings. The fraction of sp³-hybridized carbons (Fsp3) is 0.0952. The molecular formula is C21H18N6O2. The summed E-state index contributed by atoms with van der Waals surface area (Å²) in [6.07, 6.45) is 2.89. The van der Waals surface area contributed by atoms with E-state index in [1.54, 1.807) is 18.2 Å². The molecule has 0 aliphatic rings. The first-order valence-electron chi connectivity index (χ1n) is 9.07. The molecule has 1 amide bonds. The van der Waals surface area contributed by atoms with E-state index in [9.17, 15) is 9.59 Å². The van der Waals surface area contributed by atoms with E-state index >= 15 is 0 Å². The number of hydrogen-bond acceptors (Lipinski definition) is 5. The number of hydrogen-bond donors (Lipinski definition) is 1. The molecule has 144 valence electrons. The summed E-state index contributed by atoms with van der Waals surface area (Å²) in [4.78, 5) is 28.2. The van der Waals surface area contributed by atoms with Gasteiger partial charge in [-0.05, 0) is 29.3 Å². The molecule has 8 nitrogen and oxygen atoms in total. The van der Waals surface area contributed by atoms with Gasteiger partial charge in [-0.1, -0.05) is 42.5 Å². The third-order valence-electron chi connectivity index (χ3n) is 4.37. The van der Waals surface area contributed by atoms with E-state index in [1.165, 1.54) is 28.1 Å². The molecule has 0 saturated carbocycles. The van der Waals surface area contributed by atoms with Gasteiger partial charge < -0.3 is 5.32 Å². The largest absolute Gasteiger partial charge is 0.350 e. The summed E-state index contributed by atoms with van der Waals surface area (Å²) in [7, 11) is 0. The molecule has 1 N–H and O–H groups in total. The van der Waals surface area contributed by atoms with Crippen LogP contribution in [0, 0.1) is 0 Å². The lowest BCUT2D eigenvalue weighted by Gasteiger charge is -2.09. The van der Waals surface area contributed by atoms with Gasteiger partial charge in [0.15, 0.2) is 5.82 Å². The molecule has 29 heavy (non-hydrogen) atoms. The van der Waals surface area contributed by atoms with Crippen LogP contribution < -0.4 is 10.9 Å². The molecule has 0 unspecified atom stereocenters. The summed E-state index contributed by atoms with van der Waals surface area (Å²) in [5.74, 6) is 0.273. The van der Waals surface area contributed by atoms with Crippen LogP contribution in [-0.4, -0.2) is 37.0 Å². The Morgan fingerprint density at radius 2 is 1.69 bits per heavy atom. The average molecular weight is 386 g/mol. The summed E-state index contributed by atoms with van der Waals surface area (Å²) < 4.78 is 2.75. The fourth-order valence-electron chi connectivity index (χ4n) is 2.87. The zero-order valence-corrected chi connectivity index (χ0v) is 15.5. The Labute approximate surface area is 166 Å². The van der Waals surface area contributed by atoms with Crippen molar-refractivity contribution in [2.24, 2.45) is 0 Å². The molecule has 0 bridgehead atoms. The minimum Gasteiger partial charge on any atom is -0.350 e. The minimum atomic E-state index is -0.254. The number of amides is 1. The van der Waals surface area contributed by atoms with Crippen molar-refractivity contribution >= 4 is 5.91 Å². The molecule has 0 radical (unpaired) electrons. The summed E-state index contributed by atoms with van der Waals surface area (Å²) in [6.45, 7) is 0.516. The van der Waals surface area contributed by atoms with E-state index in [1.807, 2.05) is 42.5 Å².